The van der Waals surface area contributed by atoms with Crippen molar-refractivity contribution in [3.8, 4) is 17.6 Å². The van der Waals surface area contributed by atoms with Crippen molar-refractivity contribution in [3.63, 3.8) is 0 Å². The molecule has 0 heterocycles. The van der Waals surface area contributed by atoms with Gasteiger partial charge in [0.15, 0.2) is 18.1 Å². The minimum absolute atomic E-state index is 0.0217. The van der Waals surface area contributed by atoms with Gasteiger partial charge in [-0.25, -0.2) is 0 Å². The molecule has 1 atom stereocenters. The molecule has 2 N–H and O–H groups in total. The number of ether oxygens (including phenoxy) is 2. The number of rotatable bonds is 7. The monoisotopic (exact) mass is 248 g/mol. The van der Waals surface area contributed by atoms with E-state index in [1.165, 1.54) is 0 Å². The van der Waals surface area contributed by atoms with E-state index < -0.39 is 0 Å². The third-order valence-corrected chi connectivity index (χ3v) is 2.62. The van der Waals surface area contributed by atoms with Crippen molar-refractivity contribution in [3.05, 3.63) is 23.8 Å². The van der Waals surface area contributed by atoms with Gasteiger partial charge in [0, 0.05) is 6.04 Å². The first-order chi connectivity index (χ1) is 8.71. The largest absolute Gasteiger partial charge is 0.490 e. The molecule has 0 saturated carbocycles. The van der Waals surface area contributed by atoms with E-state index in [0.29, 0.717) is 18.1 Å². The Morgan fingerprint density at radius 1 is 1.28 bits per heavy atom. The molecule has 0 saturated heterocycles. The van der Waals surface area contributed by atoms with Crippen molar-refractivity contribution in [2.45, 2.75) is 32.7 Å². The fraction of sp³-hybridized carbons (Fsp3) is 0.500. The van der Waals surface area contributed by atoms with Gasteiger partial charge in [-0.05, 0) is 37.5 Å². The van der Waals surface area contributed by atoms with Gasteiger partial charge in [-0.2, -0.15) is 5.26 Å². The van der Waals surface area contributed by atoms with Crippen LogP contribution in [0.1, 0.15) is 25.8 Å². The van der Waals surface area contributed by atoms with Crippen LogP contribution in [-0.4, -0.2) is 19.3 Å². The standard InChI is InChI=1S/C14H20N2O2/c1-3-12(16)9-11-5-6-13(18-8-7-15)14(10-11)17-4-2/h5-6,10,12H,3-4,8-9,16H2,1-2H3. The van der Waals surface area contributed by atoms with E-state index in [-0.39, 0.29) is 12.6 Å². The van der Waals surface area contributed by atoms with Crippen LogP contribution < -0.4 is 15.2 Å². The summed E-state index contributed by atoms with van der Waals surface area (Å²) in [5.74, 6) is 1.28. The van der Waals surface area contributed by atoms with Crippen molar-refractivity contribution in [1.29, 1.82) is 5.26 Å². The van der Waals surface area contributed by atoms with Crippen molar-refractivity contribution in [2.75, 3.05) is 13.2 Å². The Hall–Kier alpha value is -1.73. The molecule has 0 bridgehead atoms. The Bertz CT molecular complexity index is 413. The van der Waals surface area contributed by atoms with Crippen LogP contribution in [0.4, 0.5) is 0 Å². The molecule has 1 unspecified atom stereocenters. The molecule has 0 aliphatic heterocycles. The van der Waals surface area contributed by atoms with Crippen molar-refractivity contribution in [2.24, 2.45) is 5.73 Å². The Balaban J connectivity index is 2.85. The molecule has 0 aromatic heterocycles. The summed E-state index contributed by atoms with van der Waals surface area (Å²) < 4.78 is 10.8. The fourth-order valence-corrected chi connectivity index (χ4v) is 1.62. The predicted octanol–water partition coefficient (Wildman–Crippen LogP) is 2.27. The lowest BCUT2D eigenvalue weighted by atomic mass is 10.0. The highest BCUT2D eigenvalue weighted by Gasteiger charge is 2.08. The van der Waals surface area contributed by atoms with Crippen molar-refractivity contribution < 1.29 is 9.47 Å². The lowest BCUT2D eigenvalue weighted by Gasteiger charge is -2.13. The van der Waals surface area contributed by atoms with Gasteiger partial charge < -0.3 is 15.2 Å². The number of nitriles is 1. The molecule has 0 amide bonds. The van der Waals surface area contributed by atoms with Crippen molar-refractivity contribution >= 4 is 0 Å². The van der Waals surface area contributed by atoms with Gasteiger partial charge in [0.2, 0.25) is 0 Å². The summed E-state index contributed by atoms with van der Waals surface area (Å²) in [6.07, 6.45) is 1.76. The van der Waals surface area contributed by atoms with E-state index >= 15 is 0 Å². The molecule has 1 aromatic rings. The lowest BCUT2D eigenvalue weighted by Crippen LogP contribution is -2.21. The highest BCUT2D eigenvalue weighted by atomic mass is 16.5. The lowest BCUT2D eigenvalue weighted by molar-refractivity contribution is 0.298. The summed E-state index contributed by atoms with van der Waals surface area (Å²) in [6, 6.07) is 7.83. The molecule has 0 aliphatic carbocycles. The van der Waals surface area contributed by atoms with Crippen LogP contribution in [-0.2, 0) is 6.42 Å². The Morgan fingerprint density at radius 2 is 2.06 bits per heavy atom. The van der Waals surface area contributed by atoms with E-state index in [0.717, 1.165) is 18.4 Å². The first kappa shape index (κ1) is 14.3. The molecule has 18 heavy (non-hydrogen) atoms. The van der Waals surface area contributed by atoms with Crippen LogP contribution in [0, 0.1) is 11.3 Å². The summed E-state index contributed by atoms with van der Waals surface area (Å²) in [7, 11) is 0. The zero-order valence-electron chi connectivity index (χ0n) is 11.0. The molecule has 0 radical (unpaired) electrons. The molecule has 1 aromatic carbocycles. The fourth-order valence-electron chi connectivity index (χ4n) is 1.62. The van der Waals surface area contributed by atoms with Crippen LogP contribution in [0.2, 0.25) is 0 Å². The second-order valence-electron chi connectivity index (χ2n) is 4.03. The third-order valence-electron chi connectivity index (χ3n) is 2.62. The molecule has 0 spiro atoms. The van der Waals surface area contributed by atoms with E-state index in [2.05, 4.69) is 6.92 Å². The molecule has 1 rings (SSSR count). The molecular formula is C14H20N2O2. The SMILES string of the molecule is CCOc1cc(CC(N)CC)ccc1OCC#N. The zero-order valence-corrected chi connectivity index (χ0v) is 11.0. The average Bonchev–Trinajstić information content (AvgIpc) is 2.38. The van der Waals surface area contributed by atoms with Crippen LogP contribution in [0.3, 0.4) is 0 Å². The van der Waals surface area contributed by atoms with Gasteiger partial charge >= 0.3 is 0 Å². The van der Waals surface area contributed by atoms with Gasteiger partial charge in [-0.1, -0.05) is 13.0 Å². The minimum atomic E-state index is 0.0217. The number of hydrogen-bond donors (Lipinski definition) is 1. The quantitative estimate of drug-likeness (QED) is 0.803. The van der Waals surface area contributed by atoms with Gasteiger partial charge in [-0.15, -0.1) is 0 Å². The van der Waals surface area contributed by atoms with Gasteiger partial charge in [0.25, 0.3) is 0 Å². The first-order valence-corrected chi connectivity index (χ1v) is 6.22. The maximum atomic E-state index is 8.52. The normalized spacial score (nSPS) is 11.7. The number of nitrogens with zero attached hydrogens (tertiary/aromatic N) is 1. The third kappa shape index (κ3) is 4.27. The smallest absolute Gasteiger partial charge is 0.174 e. The molecule has 0 fully saturated rings. The van der Waals surface area contributed by atoms with Gasteiger partial charge in [-0.3, -0.25) is 0 Å². The Labute approximate surface area is 108 Å². The van der Waals surface area contributed by atoms with E-state index in [4.69, 9.17) is 20.5 Å². The van der Waals surface area contributed by atoms with Crippen LogP contribution in [0.5, 0.6) is 11.5 Å². The highest BCUT2D eigenvalue weighted by molar-refractivity contribution is 5.43. The summed E-state index contributed by atoms with van der Waals surface area (Å²) in [4.78, 5) is 0. The molecule has 98 valence electrons. The highest BCUT2D eigenvalue weighted by Crippen LogP contribution is 2.29. The molecule has 0 aliphatic rings. The molecular weight excluding hydrogens is 228 g/mol. The van der Waals surface area contributed by atoms with Gasteiger partial charge in [0.05, 0.1) is 6.61 Å². The summed E-state index contributed by atoms with van der Waals surface area (Å²) >= 11 is 0. The zero-order chi connectivity index (χ0) is 13.4. The van der Waals surface area contributed by atoms with Crippen molar-refractivity contribution in [1.82, 2.24) is 0 Å². The summed E-state index contributed by atoms with van der Waals surface area (Å²) in [6.45, 7) is 4.57. The Kier molecular flexibility index (Phi) is 6.03. The van der Waals surface area contributed by atoms with E-state index in [9.17, 15) is 0 Å². The minimum Gasteiger partial charge on any atom is -0.490 e. The van der Waals surface area contributed by atoms with Crippen LogP contribution >= 0.6 is 0 Å². The topological polar surface area (TPSA) is 68.3 Å². The maximum Gasteiger partial charge on any atom is 0.174 e. The van der Waals surface area contributed by atoms with E-state index in [1.807, 2.05) is 31.2 Å². The van der Waals surface area contributed by atoms with Crippen LogP contribution in [0.25, 0.3) is 0 Å². The van der Waals surface area contributed by atoms with E-state index in [1.54, 1.807) is 0 Å². The second-order valence-corrected chi connectivity index (χ2v) is 4.03. The number of hydrogen-bond acceptors (Lipinski definition) is 4. The summed E-state index contributed by atoms with van der Waals surface area (Å²) in [5.41, 5.74) is 7.05. The predicted molar refractivity (Wildman–Crippen MR) is 70.7 cm³/mol. The molecule has 4 heteroatoms. The average molecular weight is 248 g/mol. The second kappa shape index (κ2) is 7.57. The van der Waals surface area contributed by atoms with Crippen LogP contribution in [0.15, 0.2) is 18.2 Å². The molecule has 4 nitrogen and oxygen atoms in total. The Morgan fingerprint density at radius 3 is 2.67 bits per heavy atom. The maximum absolute atomic E-state index is 8.52. The van der Waals surface area contributed by atoms with Gasteiger partial charge in [0.1, 0.15) is 6.07 Å². The number of benzene rings is 1. The number of nitrogens with two attached hydrogens (primary N) is 1. The summed E-state index contributed by atoms with van der Waals surface area (Å²) in [5, 5.41) is 8.52. The first-order valence-electron chi connectivity index (χ1n) is 6.22.